The molecule has 86 valence electrons. The van der Waals surface area contributed by atoms with E-state index in [-0.39, 0.29) is 0 Å². The second kappa shape index (κ2) is 4.59. The molecule has 1 saturated heterocycles. The number of ether oxygens (including phenoxy) is 1. The summed E-state index contributed by atoms with van der Waals surface area (Å²) < 4.78 is 5.10. The summed E-state index contributed by atoms with van der Waals surface area (Å²) in [5, 5.41) is 11.9. The van der Waals surface area contributed by atoms with Crippen molar-refractivity contribution in [3.05, 3.63) is 0 Å². The Morgan fingerprint density at radius 1 is 1.47 bits per heavy atom. The summed E-state index contributed by atoms with van der Waals surface area (Å²) in [6.45, 7) is 2.32. The molecule has 4 N–H and O–H groups in total. The minimum Gasteiger partial charge on any atom is -0.480 e. The second-order valence-electron chi connectivity index (χ2n) is 3.77. The first kappa shape index (κ1) is 11.9. The Kier molecular flexibility index (Phi) is 3.65. The van der Waals surface area contributed by atoms with Gasteiger partial charge in [0.1, 0.15) is 5.54 Å². The van der Waals surface area contributed by atoms with Crippen molar-refractivity contribution in [1.82, 2.24) is 5.32 Å². The maximum atomic E-state index is 11.2. The van der Waals surface area contributed by atoms with Crippen molar-refractivity contribution in [1.29, 1.82) is 0 Å². The third-order valence-electron chi connectivity index (χ3n) is 2.68. The fourth-order valence-corrected chi connectivity index (χ4v) is 1.63. The van der Waals surface area contributed by atoms with Gasteiger partial charge in [-0.3, -0.25) is 14.9 Å². The largest absolute Gasteiger partial charge is 0.480 e. The third-order valence-corrected chi connectivity index (χ3v) is 2.68. The zero-order valence-electron chi connectivity index (χ0n) is 8.66. The molecule has 0 bridgehead atoms. The summed E-state index contributed by atoms with van der Waals surface area (Å²) in [5.41, 5.74) is 4.01. The van der Waals surface area contributed by atoms with Crippen LogP contribution in [0, 0.1) is 0 Å². The molecule has 1 aliphatic rings. The topological polar surface area (TPSA) is 102 Å². The zero-order chi connectivity index (χ0) is 11.5. The minimum absolute atomic E-state index is 0.347. The van der Waals surface area contributed by atoms with Gasteiger partial charge in [0.05, 0.1) is 6.04 Å². The first-order chi connectivity index (χ1) is 6.98. The molecule has 6 heteroatoms. The number of primary amides is 1. The van der Waals surface area contributed by atoms with Crippen molar-refractivity contribution in [3.63, 3.8) is 0 Å². The molecule has 0 saturated carbocycles. The summed E-state index contributed by atoms with van der Waals surface area (Å²) in [4.78, 5) is 22.0. The number of nitrogens with one attached hydrogen (secondary N) is 1. The lowest BCUT2D eigenvalue weighted by Gasteiger charge is -2.35. The first-order valence-electron chi connectivity index (χ1n) is 4.86. The van der Waals surface area contributed by atoms with Crippen LogP contribution in [-0.2, 0) is 14.3 Å². The monoisotopic (exact) mass is 216 g/mol. The zero-order valence-corrected chi connectivity index (χ0v) is 8.66. The third kappa shape index (κ3) is 2.66. The number of carboxylic acid groups (broad SMARTS) is 1. The molecular formula is C9H16N2O4. The molecule has 15 heavy (non-hydrogen) atoms. The first-order valence-corrected chi connectivity index (χ1v) is 4.86. The van der Waals surface area contributed by atoms with E-state index in [1.54, 1.807) is 6.92 Å². The summed E-state index contributed by atoms with van der Waals surface area (Å²) in [5.74, 6) is -1.51. The van der Waals surface area contributed by atoms with E-state index in [2.05, 4.69) is 5.32 Å². The normalized spacial score (nSPS) is 21.9. The van der Waals surface area contributed by atoms with Crippen LogP contribution in [0.2, 0.25) is 0 Å². The van der Waals surface area contributed by atoms with Crippen LogP contribution in [0.5, 0.6) is 0 Å². The maximum absolute atomic E-state index is 11.2. The number of amides is 1. The van der Waals surface area contributed by atoms with E-state index < -0.39 is 23.5 Å². The molecule has 1 heterocycles. The quantitative estimate of drug-likeness (QED) is 0.564. The second-order valence-corrected chi connectivity index (χ2v) is 3.77. The maximum Gasteiger partial charge on any atom is 0.324 e. The molecule has 0 aromatic carbocycles. The summed E-state index contributed by atoms with van der Waals surface area (Å²) >= 11 is 0. The SMILES string of the molecule is CC(NC1(C(=O)O)CCOCC1)C(N)=O. The van der Waals surface area contributed by atoms with E-state index in [1.165, 1.54) is 0 Å². The highest BCUT2D eigenvalue weighted by atomic mass is 16.5. The lowest BCUT2D eigenvalue weighted by Crippen LogP contribution is -2.60. The number of nitrogens with two attached hydrogens (primary N) is 1. The Bertz CT molecular complexity index is 261. The molecule has 0 aliphatic carbocycles. The molecule has 1 amide bonds. The fraction of sp³-hybridized carbons (Fsp3) is 0.778. The number of aliphatic carboxylic acids is 1. The molecule has 1 unspecified atom stereocenters. The van der Waals surface area contributed by atoms with Crippen LogP contribution in [0.3, 0.4) is 0 Å². The number of carboxylic acids is 1. The summed E-state index contributed by atoms with van der Waals surface area (Å²) in [7, 11) is 0. The predicted octanol–water partition coefficient (Wildman–Crippen LogP) is -0.916. The van der Waals surface area contributed by atoms with E-state index in [9.17, 15) is 9.59 Å². The molecule has 1 fully saturated rings. The lowest BCUT2D eigenvalue weighted by atomic mass is 9.89. The predicted molar refractivity (Wildman–Crippen MR) is 52.2 cm³/mol. The Hall–Kier alpha value is -1.14. The van der Waals surface area contributed by atoms with Gasteiger partial charge < -0.3 is 15.6 Å². The lowest BCUT2D eigenvalue weighted by molar-refractivity contribution is -0.150. The molecule has 1 aliphatic heterocycles. The molecule has 1 atom stereocenters. The van der Waals surface area contributed by atoms with E-state index >= 15 is 0 Å². The minimum atomic E-state index is -1.08. The van der Waals surface area contributed by atoms with Crippen LogP contribution in [0.25, 0.3) is 0 Å². The molecule has 0 radical (unpaired) electrons. The van der Waals surface area contributed by atoms with Crippen LogP contribution in [0.1, 0.15) is 19.8 Å². The van der Waals surface area contributed by atoms with Crippen molar-refractivity contribution in [2.24, 2.45) is 5.73 Å². The van der Waals surface area contributed by atoms with Crippen molar-refractivity contribution in [3.8, 4) is 0 Å². The number of hydrogen-bond acceptors (Lipinski definition) is 4. The Labute approximate surface area is 87.8 Å². The van der Waals surface area contributed by atoms with Gasteiger partial charge in [0, 0.05) is 13.2 Å². The van der Waals surface area contributed by atoms with E-state index in [0.29, 0.717) is 26.1 Å². The van der Waals surface area contributed by atoms with Crippen LogP contribution in [-0.4, -0.2) is 41.8 Å². The van der Waals surface area contributed by atoms with Crippen LogP contribution >= 0.6 is 0 Å². The number of hydrogen-bond donors (Lipinski definition) is 3. The van der Waals surface area contributed by atoms with Gasteiger partial charge in [-0.25, -0.2) is 0 Å². The van der Waals surface area contributed by atoms with Gasteiger partial charge in [0.25, 0.3) is 0 Å². The van der Waals surface area contributed by atoms with Crippen molar-refractivity contribution >= 4 is 11.9 Å². The standard InChI is InChI=1S/C9H16N2O4/c1-6(7(10)12)11-9(8(13)14)2-4-15-5-3-9/h6,11H,2-5H2,1H3,(H2,10,12)(H,13,14). The van der Waals surface area contributed by atoms with E-state index in [4.69, 9.17) is 15.6 Å². The van der Waals surface area contributed by atoms with Crippen LogP contribution in [0.15, 0.2) is 0 Å². The molecule has 0 aromatic heterocycles. The molecular weight excluding hydrogens is 200 g/mol. The van der Waals surface area contributed by atoms with Crippen LogP contribution < -0.4 is 11.1 Å². The molecule has 6 nitrogen and oxygen atoms in total. The van der Waals surface area contributed by atoms with Gasteiger partial charge >= 0.3 is 5.97 Å². The fourth-order valence-electron chi connectivity index (χ4n) is 1.63. The Morgan fingerprint density at radius 3 is 2.40 bits per heavy atom. The van der Waals surface area contributed by atoms with E-state index in [1.807, 2.05) is 0 Å². The van der Waals surface area contributed by atoms with Gasteiger partial charge in [0.2, 0.25) is 5.91 Å². The summed E-state index contributed by atoms with van der Waals surface area (Å²) in [6.07, 6.45) is 0.694. The average molecular weight is 216 g/mol. The van der Waals surface area contributed by atoms with Gasteiger partial charge in [0.15, 0.2) is 0 Å². The van der Waals surface area contributed by atoms with Gasteiger partial charge in [-0.15, -0.1) is 0 Å². The highest BCUT2D eigenvalue weighted by molar-refractivity contribution is 5.83. The highest BCUT2D eigenvalue weighted by Crippen LogP contribution is 2.21. The van der Waals surface area contributed by atoms with Crippen molar-refractivity contribution < 1.29 is 19.4 Å². The number of rotatable bonds is 4. The summed E-state index contributed by atoms with van der Waals surface area (Å²) in [6, 6.07) is -0.654. The van der Waals surface area contributed by atoms with E-state index in [0.717, 1.165) is 0 Å². The Balaban J connectivity index is 2.72. The average Bonchev–Trinajstić information content (AvgIpc) is 2.18. The highest BCUT2D eigenvalue weighted by Gasteiger charge is 2.41. The molecule has 0 spiro atoms. The van der Waals surface area contributed by atoms with Gasteiger partial charge in [-0.2, -0.15) is 0 Å². The van der Waals surface area contributed by atoms with Crippen molar-refractivity contribution in [2.75, 3.05) is 13.2 Å². The number of carbonyl (C=O) groups is 2. The molecule has 1 rings (SSSR count). The van der Waals surface area contributed by atoms with Crippen molar-refractivity contribution in [2.45, 2.75) is 31.3 Å². The Morgan fingerprint density at radius 2 is 2.00 bits per heavy atom. The number of carbonyl (C=O) groups excluding carboxylic acids is 1. The van der Waals surface area contributed by atoms with Gasteiger partial charge in [-0.1, -0.05) is 0 Å². The van der Waals surface area contributed by atoms with Gasteiger partial charge in [-0.05, 0) is 19.8 Å². The van der Waals surface area contributed by atoms with Crippen LogP contribution in [0.4, 0.5) is 0 Å². The molecule has 0 aromatic rings. The smallest absolute Gasteiger partial charge is 0.324 e.